The van der Waals surface area contributed by atoms with Gasteiger partial charge in [-0.05, 0) is 26.0 Å². The third-order valence-electron chi connectivity index (χ3n) is 2.39. The molecule has 0 aliphatic rings. The second-order valence-electron chi connectivity index (χ2n) is 4.00. The Morgan fingerprint density at radius 2 is 2.31 bits per heavy atom. The predicted octanol–water partition coefficient (Wildman–Crippen LogP) is 2.30. The van der Waals surface area contributed by atoms with Crippen molar-refractivity contribution in [3.05, 3.63) is 41.7 Å². The molecule has 4 heteroatoms. The number of nitrogens with zero attached hydrogens (tertiary/aromatic N) is 1. The Morgan fingerprint density at radius 1 is 1.44 bits per heavy atom. The minimum absolute atomic E-state index is 0.344. The van der Waals surface area contributed by atoms with Gasteiger partial charge in [-0.25, -0.2) is 0 Å². The Kier molecular flexibility index (Phi) is 3.41. The van der Waals surface area contributed by atoms with Gasteiger partial charge in [0.25, 0.3) is 0 Å². The molecule has 0 radical (unpaired) electrons. The second-order valence-corrected chi connectivity index (χ2v) is 4.00. The summed E-state index contributed by atoms with van der Waals surface area (Å²) in [6.07, 6.45) is 2.57. The van der Waals surface area contributed by atoms with E-state index in [4.69, 9.17) is 8.94 Å². The maximum atomic E-state index is 5.28. The number of furan rings is 1. The van der Waals surface area contributed by atoms with Gasteiger partial charge in [0.15, 0.2) is 5.76 Å². The maximum absolute atomic E-state index is 5.28. The van der Waals surface area contributed by atoms with Crippen molar-refractivity contribution in [1.82, 2.24) is 10.5 Å². The van der Waals surface area contributed by atoms with Gasteiger partial charge in [-0.3, -0.25) is 0 Å². The van der Waals surface area contributed by atoms with Gasteiger partial charge in [0.2, 0.25) is 0 Å². The fraction of sp³-hybridized carbons (Fsp3) is 0.417. The largest absolute Gasteiger partial charge is 0.469 e. The van der Waals surface area contributed by atoms with Crippen molar-refractivity contribution in [3.63, 3.8) is 0 Å². The van der Waals surface area contributed by atoms with Crippen molar-refractivity contribution < 1.29 is 8.94 Å². The van der Waals surface area contributed by atoms with E-state index in [1.165, 1.54) is 0 Å². The average Bonchev–Trinajstić information content (AvgIpc) is 2.87. The minimum atomic E-state index is 0.344. The lowest BCUT2D eigenvalue weighted by Crippen LogP contribution is -2.27. The Morgan fingerprint density at radius 3 is 2.94 bits per heavy atom. The van der Waals surface area contributed by atoms with Crippen LogP contribution in [0.5, 0.6) is 0 Å². The molecule has 0 saturated carbocycles. The lowest BCUT2D eigenvalue weighted by atomic mass is 10.2. The zero-order chi connectivity index (χ0) is 11.4. The molecule has 0 fully saturated rings. The molecule has 2 rings (SSSR count). The van der Waals surface area contributed by atoms with Crippen LogP contribution in [0.15, 0.2) is 33.4 Å². The van der Waals surface area contributed by atoms with Crippen molar-refractivity contribution in [2.45, 2.75) is 32.9 Å². The van der Waals surface area contributed by atoms with Gasteiger partial charge in [0.1, 0.15) is 5.76 Å². The van der Waals surface area contributed by atoms with Gasteiger partial charge in [-0.2, -0.15) is 0 Å². The molecule has 2 aromatic heterocycles. The molecule has 0 spiro atoms. The van der Waals surface area contributed by atoms with E-state index >= 15 is 0 Å². The van der Waals surface area contributed by atoms with Gasteiger partial charge < -0.3 is 14.3 Å². The van der Waals surface area contributed by atoms with Crippen LogP contribution in [0.4, 0.5) is 0 Å². The number of nitrogens with one attached hydrogen (secondary N) is 1. The van der Waals surface area contributed by atoms with Crippen molar-refractivity contribution in [2.75, 3.05) is 0 Å². The Bertz CT molecular complexity index is 420. The summed E-state index contributed by atoms with van der Waals surface area (Å²) < 4.78 is 10.4. The molecule has 1 N–H and O–H groups in total. The highest BCUT2D eigenvalue weighted by Crippen LogP contribution is 2.06. The van der Waals surface area contributed by atoms with E-state index in [2.05, 4.69) is 17.4 Å². The van der Waals surface area contributed by atoms with Crippen LogP contribution in [-0.2, 0) is 13.0 Å². The molecule has 1 atom stereocenters. The first-order valence-electron chi connectivity index (χ1n) is 5.42. The number of hydrogen-bond acceptors (Lipinski definition) is 4. The zero-order valence-electron chi connectivity index (χ0n) is 9.56. The first-order valence-corrected chi connectivity index (χ1v) is 5.42. The lowest BCUT2D eigenvalue weighted by molar-refractivity contribution is 0.358. The van der Waals surface area contributed by atoms with Gasteiger partial charge in [0.05, 0.1) is 18.5 Å². The van der Waals surface area contributed by atoms with Crippen LogP contribution < -0.4 is 5.32 Å². The molecule has 0 aromatic carbocycles. The Labute approximate surface area is 94.6 Å². The summed E-state index contributed by atoms with van der Waals surface area (Å²) in [5.41, 5.74) is 0.912. The van der Waals surface area contributed by atoms with Crippen LogP contribution in [0.2, 0.25) is 0 Å². The highest BCUT2D eigenvalue weighted by atomic mass is 16.5. The summed E-state index contributed by atoms with van der Waals surface area (Å²) in [6.45, 7) is 4.73. The molecule has 4 nitrogen and oxygen atoms in total. The molecule has 0 aliphatic heterocycles. The number of rotatable bonds is 5. The summed E-state index contributed by atoms with van der Waals surface area (Å²) in [5, 5.41) is 7.19. The van der Waals surface area contributed by atoms with Crippen LogP contribution in [0.25, 0.3) is 0 Å². The molecule has 86 valence electrons. The molecule has 0 saturated heterocycles. The summed E-state index contributed by atoms with van der Waals surface area (Å²) in [6, 6.07) is 6.17. The number of aromatic nitrogens is 1. The molecule has 2 aromatic rings. The van der Waals surface area contributed by atoms with Crippen LogP contribution in [0.1, 0.15) is 24.1 Å². The van der Waals surface area contributed by atoms with E-state index in [0.29, 0.717) is 12.6 Å². The molecule has 1 unspecified atom stereocenters. The Balaban J connectivity index is 1.77. The molecular formula is C12H16N2O2. The second kappa shape index (κ2) is 4.99. The summed E-state index contributed by atoms with van der Waals surface area (Å²) >= 11 is 0. The summed E-state index contributed by atoms with van der Waals surface area (Å²) in [4.78, 5) is 0. The average molecular weight is 220 g/mol. The van der Waals surface area contributed by atoms with E-state index < -0.39 is 0 Å². The van der Waals surface area contributed by atoms with Crippen molar-refractivity contribution >= 4 is 0 Å². The van der Waals surface area contributed by atoms with E-state index in [9.17, 15) is 0 Å². The Hall–Kier alpha value is -1.55. The molecule has 2 heterocycles. The summed E-state index contributed by atoms with van der Waals surface area (Å²) in [5.74, 6) is 1.86. The van der Waals surface area contributed by atoms with Gasteiger partial charge in [0, 0.05) is 18.5 Å². The smallest absolute Gasteiger partial charge is 0.150 e. The van der Waals surface area contributed by atoms with Crippen molar-refractivity contribution in [2.24, 2.45) is 0 Å². The van der Waals surface area contributed by atoms with E-state index in [1.54, 1.807) is 6.26 Å². The molecular weight excluding hydrogens is 204 g/mol. The highest BCUT2D eigenvalue weighted by molar-refractivity contribution is 5.03. The molecule has 16 heavy (non-hydrogen) atoms. The summed E-state index contributed by atoms with van der Waals surface area (Å²) in [7, 11) is 0. The van der Waals surface area contributed by atoms with Gasteiger partial charge in [-0.15, -0.1) is 0 Å². The molecule has 0 bridgehead atoms. The first-order chi connectivity index (χ1) is 7.74. The quantitative estimate of drug-likeness (QED) is 0.840. The standard InChI is InChI=1S/C12H16N2O2/c1-9(6-11-4-3-5-15-11)13-8-12-7-10(2)14-16-12/h3-5,7,9,13H,6,8H2,1-2H3. The fourth-order valence-corrected chi connectivity index (χ4v) is 1.58. The highest BCUT2D eigenvalue weighted by Gasteiger charge is 2.07. The maximum Gasteiger partial charge on any atom is 0.150 e. The normalized spacial score (nSPS) is 12.9. The van der Waals surface area contributed by atoms with Gasteiger partial charge >= 0.3 is 0 Å². The molecule has 0 aliphatic carbocycles. The third kappa shape index (κ3) is 2.97. The SMILES string of the molecule is Cc1cc(CNC(C)Cc2ccco2)on1. The van der Waals surface area contributed by atoms with Gasteiger partial charge in [-0.1, -0.05) is 5.16 Å². The van der Waals surface area contributed by atoms with Crippen molar-refractivity contribution in [1.29, 1.82) is 0 Å². The van der Waals surface area contributed by atoms with Crippen LogP contribution in [0, 0.1) is 6.92 Å². The number of aryl methyl sites for hydroxylation is 1. The zero-order valence-corrected chi connectivity index (χ0v) is 9.56. The monoisotopic (exact) mass is 220 g/mol. The third-order valence-corrected chi connectivity index (χ3v) is 2.39. The van der Waals surface area contributed by atoms with Crippen LogP contribution in [-0.4, -0.2) is 11.2 Å². The van der Waals surface area contributed by atoms with Crippen LogP contribution >= 0.6 is 0 Å². The van der Waals surface area contributed by atoms with E-state index in [1.807, 2.05) is 25.1 Å². The van der Waals surface area contributed by atoms with Crippen molar-refractivity contribution in [3.8, 4) is 0 Å². The fourth-order valence-electron chi connectivity index (χ4n) is 1.58. The number of hydrogen-bond donors (Lipinski definition) is 1. The molecule has 0 amide bonds. The van der Waals surface area contributed by atoms with E-state index in [0.717, 1.165) is 23.6 Å². The first kappa shape index (κ1) is 11.0. The minimum Gasteiger partial charge on any atom is -0.469 e. The lowest BCUT2D eigenvalue weighted by Gasteiger charge is -2.10. The topological polar surface area (TPSA) is 51.2 Å². The van der Waals surface area contributed by atoms with E-state index in [-0.39, 0.29) is 0 Å². The van der Waals surface area contributed by atoms with Crippen LogP contribution in [0.3, 0.4) is 0 Å². The predicted molar refractivity (Wildman–Crippen MR) is 60.0 cm³/mol.